The Bertz CT molecular complexity index is 464. The SMILES string of the molecule is CCC1(C(=O)O)CCN(C(=O)NCc2ccno2)CC1. The molecule has 0 radical (unpaired) electrons. The van der Waals surface area contributed by atoms with E-state index in [0.29, 0.717) is 38.1 Å². The van der Waals surface area contributed by atoms with Gasteiger partial charge in [-0.05, 0) is 19.3 Å². The highest BCUT2D eigenvalue weighted by Gasteiger charge is 2.40. The maximum atomic E-state index is 12.0. The maximum Gasteiger partial charge on any atom is 0.317 e. The van der Waals surface area contributed by atoms with Crippen molar-refractivity contribution in [1.29, 1.82) is 0 Å². The monoisotopic (exact) mass is 281 g/mol. The quantitative estimate of drug-likeness (QED) is 0.871. The zero-order valence-electron chi connectivity index (χ0n) is 11.5. The molecule has 1 aromatic heterocycles. The summed E-state index contributed by atoms with van der Waals surface area (Å²) >= 11 is 0. The Morgan fingerprint density at radius 3 is 2.70 bits per heavy atom. The molecular formula is C13H19N3O4. The van der Waals surface area contributed by atoms with Gasteiger partial charge in [-0.2, -0.15) is 0 Å². The molecule has 0 saturated carbocycles. The second-order valence-corrected chi connectivity index (χ2v) is 5.06. The first-order valence-electron chi connectivity index (χ1n) is 6.73. The average Bonchev–Trinajstić information content (AvgIpc) is 2.98. The fourth-order valence-electron chi connectivity index (χ4n) is 2.46. The van der Waals surface area contributed by atoms with Crippen molar-refractivity contribution in [2.75, 3.05) is 13.1 Å². The van der Waals surface area contributed by atoms with Crippen molar-refractivity contribution < 1.29 is 19.2 Å². The number of amides is 2. The number of hydrogen-bond donors (Lipinski definition) is 2. The number of carboxylic acids is 1. The smallest absolute Gasteiger partial charge is 0.317 e. The van der Waals surface area contributed by atoms with Crippen molar-refractivity contribution in [3.63, 3.8) is 0 Å². The molecule has 0 atom stereocenters. The molecular weight excluding hydrogens is 262 g/mol. The van der Waals surface area contributed by atoms with Gasteiger partial charge in [-0.3, -0.25) is 4.79 Å². The molecule has 1 fully saturated rings. The van der Waals surface area contributed by atoms with Crippen LogP contribution in [0.25, 0.3) is 0 Å². The summed E-state index contributed by atoms with van der Waals surface area (Å²) in [5.74, 6) is -0.175. The second kappa shape index (κ2) is 5.94. The average molecular weight is 281 g/mol. The molecule has 7 heteroatoms. The number of nitrogens with one attached hydrogen (secondary N) is 1. The number of aromatic nitrogens is 1. The maximum absolute atomic E-state index is 12.0. The van der Waals surface area contributed by atoms with Gasteiger partial charge in [0.05, 0.1) is 18.2 Å². The largest absolute Gasteiger partial charge is 0.481 e. The van der Waals surface area contributed by atoms with Gasteiger partial charge < -0.3 is 19.8 Å². The molecule has 1 saturated heterocycles. The number of hydrogen-bond acceptors (Lipinski definition) is 4. The normalized spacial score (nSPS) is 17.8. The minimum absolute atomic E-state index is 0.198. The van der Waals surface area contributed by atoms with Crippen LogP contribution in [0.15, 0.2) is 16.8 Å². The lowest BCUT2D eigenvalue weighted by molar-refractivity contribution is -0.151. The van der Waals surface area contributed by atoms with Gasteiger partial charge in [0.25, 0.3) is 0 Å². The van der Waals surface area contributed by atoms with E-state index in [1.54, 1.807) is 11.0 Å². The van der Waals surface area contributed by atoms with E-state index in [9.17, 15) is 14.7 Å². The van der Waals surface area contributed by atoms with Crippen molar-refractivity contribution in [2.24, 2.45) is 5.41 Å². The zero-order chi connectivity index (χ0) is 14.6. The first kappa shape index (κ1) is 14.4. The van der Waals surface area contributed by atoms with Gasteiger partial charge >= 0.3 is 12.0 Å². The molecule has 1 aliphatic heterocycles. The van der Waals surface area contributed by atoms with Gasteiger partial charge in [0.15, 0.2) is 5.76 Å². The molecule has 0 spiro atoms. The summed E-state index contributed by atoms with van der Waals surface area (Å²) in [5.41, 5.74) is -0.679. The molecule has 0 aliphatic carbocycles. The Morgan fingerprint density at radius 1 is 1.50 bits per heavy atom. The molecule has 2 N–H and O–H groups in total. The van der Waals surface area contributed by atoms with E-state index in [2.05, 4.69) is 10.5 Å². The molecule has 2 amide bonds. The molecule has 0 aromatic carbocycles. The Hall–Kier alpha value is -2.05. The molecule has 2 rings (SSSR count). The molecule has 1 aromatic rings. The van der Waals surface area contributed by atoms with Crippen LogP contribution in [-0.2, 0) is 11.3 Å². The van der Waals surface area contributed by atoms with Gasteiger partial charge in [0.1, 0.15) is 0 Å². The van der Waals surface area contributed by atoms with E-state index in [1.807, 2.05) is 6.92 Å². The topological polar surface area (TPSA) is 95.7 Å². The van der Waals surface area contributed by atoms with Gasteiger partial charge in [0, 0.05) is 19.2 Å². The van der Waals surface area contributed by atoms with Crippen LogP contribution in [0.4, 0.5) is 4.79 Å². The van der Waals surface area contributed by atoms with Crippen LogP contribution in [0, 0.1) is 5.41 Å². The fourth-order valence-corrected chi connectivity index (χ4v) is 2.46. The third-order valence-electron chi connectivity index (χ3n) is 4.04. The van der Waals surface area contributed by atoms with Crippen LogP contribution in [0.3, 0.4) is 0 Å². The Kier molecular flexibility index (Phi) is 4.26. The van der Waals surface area contributed by atoms with Gasteiger partial charge in [-0.15, -0.1) is 0 Å². The van der Waals surface area contributed by atoms with Crippen LogP contribution in [0.5, 0.6) is 0 Å². The number of carbonyl (C=O) groups excluding carboxylic acids is 1. The first-order valence-corrected chi connectivity index (χ1v) is 6.73. The van der Waals surface area contributed by atoms with Crippen molar-refractivity contribution in [2.45, 2.75) is 32.7 Å². The van der Waals surface area contributed by atoms with Crippen LogP contribution in [0.2, 0.25) is 0 Å². The fraction of sp³-hybridized carbons (Fsp3) is 0.615. The molecule has 1 aliphatic rings. The number of rotatable bonds is 4. The summed E-state index contributed by atoms with van der Waals surface area (Å²) < 4.78 is 4.89. The number of piperidine rings is 1. The number of urea groups is 1. The Labute approximate surface area is 116 Å². The number of nitrogens with zero attached hydrogens (tertiary/aromatic N) is 2. The lowest BCUT2D eigenvalue weighted by Gasteiger charge is -2.38. The summed E-state index contributed by atoms with van der Waals surface area (Å²) in [6.45, 7) is 3.09. The van der Waals surface area contributed by atoms with Gasteiger partial charge in [-0.1, -0.05) is 12.1 Å². The molecule has 0 unspecified atom stereocenters. The predicted molar refractivity (Wildman–Crippen MR) is 69.9 cm³/mol. The second-order valence-electron chi connectivity index (χ2n) is 5.06. The first-order chi connectivity index (χ1) is 9.57. The van der Waals surface area contributed by atoms with Crippen LogP contribution < -0.4 is 5.32 Å². The highest BCUT2D eigenvalue weighted by molar-refractivity contribution is 5.77. The van der Waals surface area contributed by atoms with E-state index < -0.39 is 11.4 Å². The number of carboxylic acid groups (broad SMARTS) is 1. The van der Waals surface area contributed by atoms with Crippen molar-refractivity contribution >= 4 is 12.0 Å². The summed E-state index contributed by atoms with van der Waals surface area (Å²) in [5, 5.41) is 15.6. The third-order valence-corrected chi connectivity index (χ3v) is 4.04. The van der Waals surface area contributed by atoms with Crippen molar-refractivity contribution in [3.05, 3.63) is 18.0 Å². The lowest BCUT2D eigenvalue weighted by atomic mass is 9.76. The summed E-state index contributed by atoms with van der Waals surface area (Å²) in [4.78, 5) is 24.9. The van der Waals surface area contributed by atoms with E-state index in [0.717, 1.165) is 0 Å². The summed E-state index contributed by atoms with van der Waals surface area (Å²) in [6, 6.07) is 1.49. The molecule has 2 heterocycles. The Morgan fingerprint density at radius 2 is 2.20 bits per heavy atom. The highest BCUT2D eigenvalue weighted by atomic mass is 16.5. The lowest BCUT2D eigenvalue weighted by Crippen LogP contribution is -2.49. The van der Waals surface area contributed by atoms with Crippen molar-refractivity contribution in [3.8, 4) is 0 Å². The van der Waals surface area contributed by atoms with Gasteiger partial charge in [-0.25, -0.2) is 4.79 Å². The molecule has 110 valence electrons. The van der Waals surface area contributed by atoms with Crippen molar-refractivity contribution in [1.82, 2.24) is 15.4 Å². The van der Waals surface area contributed by atoms with Crippen LogP contribution >= 0.6 is 0 Å². The van der Waals surface area contributed by atoms with E-state index in [-0.39, 0.29) is 12.6 Å². The highest BCUT2D eigenvalue weighted by Crippen LogP contribution is 2.35. The molecule has 7 nitrogen and oxygen atoms in total. The summed E-state index contributed by atoms with van der Waals surface area (Å²) in [7, 11) is 0. The minimum Gasteiger partial charge on any atom is -0.481 e. The van der Waals surface area contributed by atoms with Gasteiger partial charge in [0.2, 0.25) is 0 Å². The molecule has 0 bridgehead atoms. The number of carbonyl (C=O) groups is 2. The van der Waals surface area contributed by atoms with E-state index >= 15 is 0 Å². The predicted octanol–water partition coefficient (Wildman–Crippen LogP) is 1.46. The Balaban J connectivity index is 1.84. The number of aliphatic carboxylic acids is 1. The standard InChI is InChI=1S/C13H19N3O4/c1-2-13(11(17)18)4-7-16(8-5-13)12(19)14-9-10-3-6-15-20-10/h3,6H,2,4-5,7-9H2,1H3,(H,14,19)(H,17,18). The molecule has 20 heavy (non-hydrogen) atoms. The summed E-state index contributed by atoms with van der Waals surface area (Å²) in [6.07, 6.45) is 3.10. The van der Waals surface area contributed by atoms with E-state index in [1.165, 1.54) is 6.20 Å². The minimum atomic E-state index is -0.762. The van der Waals surface area contributed by atoms with Crippen LogP contribution in [0.1, 0.15) is 31.9 Å². The third kappa shape index (κ3) is 2.92. The van der Waals surface area contributed by atoms with Crippen LogP contribution in [-0.4, -0.2) is 40.3 Å². The number of likely N-dealkylation sites (tertiary alicyclic amines) is 1. The van der Waals surface area contributed by atoms with E-state index in [4.69, 9.17) is 4.52 Å². The zero-order valence-corrected chi connectivity index (χ0v) is 11.5.